The molecular weight excluding hydrogens is 230 g/mol. The van der Waals surface area contributed by atoms with Crippen LogP contribution in [0, 0.1) is 6.92 Å². The van der Waals surface area contributed by atoms with E-state index in [1.807, 2.05) is 25.1 Å². The van der Waals surface area contributed by atoms with Crippen molar-refractivity contribution in [1.29, 1.82) is 0 Å². The van der Waals surface area contributed by atoms with E-state index in [9.17, 15) is 4.79 Å². The van der Waals surface area contributed by atoms with Crippen molar-refractivity contribution in [3.63, 3.8) is 0 Å². The van der Waals surface area contributed by atoms with Gasteiger partial charge in [-0.05, 0) is 19.1 Å². The zero-order valence-electron chi connectivity index (χ0n) is 10.3. The van der Waals surface area contributed by atoms with Gasteiger partial charge in [0.25, 0.3) is 5.56 Å². The van der Waals surface area contributed by atoms with E-state index in [2.05, 4.69) is 15.1 Å². The molecule has 1 aromatic heterocycles. The highest BCUT2D eigenvalue weighted by molar-refractivity contribution is 5.86. The van der Waals surface area contributed by atoms with Gasteiger partial charge in [-0.25, -0.2) is 5.10 Å². The third kappa shape index (κ3) is 1.86. The summed E-state index contributed by atoms with van der Waals surface area (Å²) in [5, 5.41) is 8.12. The molecule has 2 aromatic rings. The van der Waals surface area contributed by atoms with Gasteiger partial charge in [0.1, 0.15) is 0 Å². The Morgan fingerprint density at radius 2 is 2.06 bits per heavy atom. The molecule has 2 heterocycles. The van der Waals surface area contributed by atoms with Crippen LogP contribution in [0.3, 0.4) is 0 Å². The van der Waals surface area contributed by atoms with E-state index in [1.165, 1.54) is 0 Å². The van der Waals surface area contributed by atoms with Crippen LogP contribution in [0.1, 0.15) is 5.69 Å². The Labute approximate surface area is 104 Å². The fraction of sp³-hybridized carbons (Fsp3) is 0.385. The van der Waals surface area contributed by atoms with Gasteiger partial charge < -0.3 is 9.64 Å². The second-order valence-corrected chi connectivity index (χ2v) is 4.47. The number of nitrogens with zero attached hydrogens (tertiary/aromatic N) is 2. The Morgan fingerprint density at radius 1 is 1.28 bits per heavy atom. The Bertz CT molecular complexity index is 630. The number of rotatable bonds is 1. The minimum absolute atomic E-state index is 0.134. The van der Waals surface area contributed by atoms with Crippen LogP contribution in [0.25, 0.3) is 10.8 Å². The monoisotopic (exact) mass is 245 g/mol. The fourth-order valence-electron chi connectivity index (χ4n) is 2.31. The zero-order chi connectivity index (χ0) is 12.5. The number of hydrogen-bond acceptors (Lipinski definition) is 4. The van der Waals surface area contributed by atoms with Crippen LogP contribution in [0.15, 0.2) is 23.0 Å². The van der Waals surface area contributed by atoms with Gasteiger partial charge in [-0.15, -0.1) is 0 Å². The third-order valence-electron chi connectivity index (χ3n) is 3.34. The SMILES string of the molecule is Cc1n[nH]c(=O)c2cc(N3CCOCC3)ccc12. The van der Waals surface area contributed by atoms with E-state index >= 15 is 0 Å². The number of H-pyrrole nitrogens is 1. The van der Waals surface area contributed by atoms with Gasteiger partial charge >= 0.3 is 0 Å². The number of hydrogen-bond donors (Lipinski definition) is 1. The maximum atomic E-state index is 11.8. The number of morpholine rings is 1. The van der Waals surface area contributed by atoms with Crippen molar-refractivity contribution in [2.45, 2.75) is 6.92 Å². The summed E-state index contributed by atoms with van der Waals surface area (Å²) < 4.78 is 5.33. The molecule has 1 N–H and O–H groups in total. The summed E-state index contributed by atoms with van der Waals surface area (Å²) in [6, 6.07) is 5.95. The van der Waals surface area contributed by atoms with Crippen molar-refractivity contribution >= 4 is 16.5 Å². The summed E-state index contributed by atoms with van der Waals surface area (Å²) in [5.41, 5.74) is 1.78. The van der Waals surface area contributed by atoms with E-state index in [0.29, 0.717) is 5.39 Å². The van der Waals surface area contributed by atoms with Crippen molar-refractivity contribution < 1.29 is 4.74 Å². The molecular formula is C13H15N3O2. The Kier molecular flexibility index (Phi) is 2.76. The molecule has 0 unspecified atom stereocenters. The Hall–Kier alpha value is -1.88. The van der Waals surface area contributed by atoms with Gasteiger partial charge in [0.15, 0.2) is 0 Å². The van der Waals surface area contributed by atoms with Gasteiger partial charge in [-0.1, -0.05) is 6.07 Å². The quantitative estimate of drug-likeness (QED) is 0.816. The predicted molar refractivity (Wildman–Crippen MR) is 70.1 cm³/mol. The number of fused-ring (bicyclic) bond motifs is 1. The molecule has 1 saturated heterocycles. The van der Waals surface area contributed by atoms with Crippen molar-refractivity contribution in [2.24, 2.45) is 0 Å². The normalized spacial score (nSPS) is 16.2. The van der Waals surface area contributed by atoms with Crippen LogP contribution in [-0.2, 0) is 4.74 Å². The molecule has 0 atom stereocenters. The first-order valence-electron chi connectivity index (χ1n) is 6.07. The summed E-state index contributed by atoms with van der Waals surface area (Å²) in [5.74, 6) is 0. The van der Waals surface area contributed by atoms with Gasteiger partial charge in [-0.2, -0.15) is 5.10 Å². The predicted octanol–water partition coefficient (Wildman–Crippen LogP) is 1.07. The van der Waals surface area contributed by atoms with Gasteiger partial charge in [0.05, 0.1) is 24.3 Å². The lowest BCUT2D eigenvalue weighted by molar-refractivity contribution is 0.122. The first-order valence-corrected chi connectivity index (χ1v) is 6.07. The molecule has 0 aliphatic carbocycles. The number of benzene rings is 1. The van der Waals surface area contributed by atoms with Crippen LogP contribution >= 0.6 is 0 Å². The molecule has 1 aromatic carbocycles. The van der Waals surface area contributed by atoms with Crippen LogP contribution in [0.2, 0.25) is 0 Å². The first kappa shape index (κ1) is 11.2. The second-order valence-electron chi connectivity index (χ2n) is 4.47. The zero-order valence-corrected chi connectivity index (χ0v) is 10.3. The highest BCUT2D eigenvalue weighted by atomic mass is 16.5. The second kappa shape index (κ2) is 4.42. The minimum Gasteiger partial charge on any atom is -0.378 e. The molecule has 3 rings (SSSR count). The van der Waals surface area contributed by atoms with Crippen molar-refractivity contribution in [3.05, 3.63) is 34.2 Å². The molecule has 94 valence electrons. The number of ether oxygens (including phenoxy) is 1. The highest BCUT2D eigenvalue weighted by Gasteiger charge is 2.12. The van der Waals surface area contributed by atoms with Gasteiger partial charge in [0.2, 0.25) is 0 Å². The van der Waals surface area contributed by atoms with Crippen LogP contribution < -0.4 is 10.5 Å². The molecule has 18 heavy (non-hydrogen) atoms. The van der Waals surface area contributed by atoms with Crippen LogP contribution in [-0.4, -0.2) is 36.5 Å². The maximum absolute atomic E-state index is 11.8. The molecule has 1 aliphatic heterocycles. The molecule has 0 amide bonds. The Morgan fingerprint density at radius 3 is 2.83 bits per heavy atom. The summed E-state index contributed by atoms with van der Waals surface area (Å²) in [6.07, 6.45) is 0. The summed E-state index contributed by atoms with van der Waals surface area (Å²) in [4.78, 5) is 14.0. The number of nitrogens with one attached hydrogen (secondary N) is 1. The lowest BCUT2D eigenvalue weighted by Gasteiger charge is -2.29. The Balaban J connectivity index is 2.10. The molecule has 0 bridgehead atoms. The van der Waals surface area contributed by atoms with Crippen LogP contribution in [0.5, 0.6) is 0 Å². The smallest absolute Gasteiger partial charge is 0.272 e. The van der Waals surface area contributed by atoms with Crippen molar-refractivity contribution in [1.82, 2.24) is 10.2 Å². The molecule has 0 saturated carbocycles. The van der Waals surface area contributed by atoms with E-state index in [1.54, 1.807) is 0 Å². The molecule has 5 nitrogen and oxygen atoms in total. The molecule has 0 spiro atoms. The van der Waals surface area contributed by atoms with Crippen molar-refractivity contribution in [3.8, 4) is 0 Å². The number of aryl methyl sites for hydroxylation is 1. The van der Waals surface area contributed by atoms with E-state index in [4.69, 9.17) is 4.74 Å². The first-order chi connectivity index (χ1) is 8.75. The summed E-state index contributed by atoms with van der Waals surface area (Å²) in [6.45, 7) is 5.11. The van der Waals surface area contributed by atoms with E-state index < -0.39 is 0 Å². The molecule has 1 fully saturated rings. The van der Waals surface area contributed by atoms with E-state index in [0.717, 1.165) is 43.1 Å². The topological polar surface area (TPSA) is 58.2 Å². The fourth-order valence-corrected chi connectivity index (χ4v) is 2.31. The molecule has 5 heteroatoms. The van der Waals surface area contributed by atoms with Gasteiger partial charge in [-0.3, -0.25) is 4.79 Å². The number of aromatic nitrogens is 2. The molecule has 0 radical (unpaired) electrons. The lowest BCUT2D eigenvalue weighted by Crippen LogP contribution is -2.36. The highest BCUT2D eigenvalue weighted by Crippen LogP contribution is 2.21. The minimum atomic E-state index is -0.134. The molecule has 1 aliphatic rings. The average Bonchev–Trinajstić information content (AvgIpc) is 2.44. The number of aromatic amines is 1. The summed E-state index contributed by atoms with van der Waals surface area (Å²) in [7, 11) is 0. The van der Waals surface area contributed by atoms with Crippen LogP contribution in [0.4, 0.5) is 5.69 Å². The van der Waals surface area contributed by atoms with Gasteiger partial charge in [0, 0.05) is 24.2 Å². The largest absolute Gasteiger partial charge is 0.378 e. The van der Waals surface area contributed by atoms with E-state index in [-0.39, 0.29) is 5.56 Å². The number of anilines is 1. The maximum Gasteiger partial charge on any atom is 0.272 e. The average molecular weight is 245 g/mol. The standard InChI is InChI=1S/C13H15N3O2/c1-9-11-3-2-10(16-4-6-18-7-5-16)8-12(11)13(17)15-14-9/h2-3,8H,4-7H2,1H3,(H,15,17). The lowest BCUT2D eigenvalue weighted by atomic mass is 10.1. The van der Waals surface area contributed by atoms with Crippen molar-refractivity contribution in [2.75, 3.05) is 31.2 Å². The summed E-state index contributed by atoms with van der Waals surface area (Å²) >= 11 is 0. The third-order valence-corrected chi connectivity index (χ3v) is 3.34.